The van der Waals surface area contributed by atoms with Crippen LogP contribution in [0.5, 0.6) is 0 Å². The molecule has 2 heterocycles. The Labute approximate surface area is 150 Å². The van der Waals surface area contributed by atoms with Crippen molar-refractivity contribution in [3.63, 3.8) is 0 Å². The van der Waals surface area contributed by atoms with Crippen LogP contribution < -0.4 is 0 Å². The van der Waals surface area contributed by atoms with Crippen LogP contribution in [0.15, 0.2) is 48.1 Å². The van der Waals surface area contributed by atoms with Crippen LogP contribution in [0.1, 0.15) is 16.8 Å². The van der Waals surface area contributed by atoms with Gasteiger partial charge in [0.05, 0.1) is 19.4 Å². The Morgan fingerprint density at radius 1 is 1.12 bits per heavy atom. The van der Waals surface area contributed by atoms with Gasteiger partial charge in [0.1, 0.15) is 19.5 Å². The van der Waals surface area contributed by atoms with E-state index in [0.29, 0.717) is 17.7 Å². The van der Waals surface area contributed by atoms with E-state index in [1.165, 1.54) is 25.4 Å². The summed E-state index contributed by atoms with van der Waals surface area (Å²) >= 11 is 0. The summed E-state index contributed by atoms with van der Waals surface area (Å²) in [4.78, 5) is 39.1. The third kappa shape index (κ3) is 3.53. The van der Waals surface area contributed by atoms with E-state index in [0.717, 1.165) is 11.1 Å². The van der Waals surface area contributed by atoms with Gasteiger partial charge in [-0.3, -0.25) is 4.79 Å². The first kappa shape index (κ1) is 17.5. The van der Waals surface area contributed by atoms with Crippen molar-refractivity contribution in [3.8, 4) is 11.1 Å². The van der Waals surface area contributed by atoms with Crippen molar-refractivity contribution in [2.75, 3.05) is 20.8 Å². The van der Waals surface area contributed by atoms with Crippen molar-refractivity contribution in [1.82, 2.24) is 14.9 Å². The fraction of sp³-hybridized carbons (Fsp3) is 0.278. The first-order chi connectivity index (χ1) is 12.6. The molecule has 0 spiro atoms. The maximum Gasteiger partial charge on any atom is 0.329 e. The summed E-state index contributed by atoms with van der Waals surface area (Å²) in [7, 11) is 2.73. The summed E-state index contributed by atoms with van der Waals surface area (Å²) in [5.74, 6) is -0.740. The third-order valence-electron chi connectivity index (χ3n) is 4.14. The zero-order valence-corrected chi connectivity index (χ0v) is 14.5. The number of oxime groups is 1. The number of carbonyl (C=O) groups is 2. The summed E-state index contributed by atoms with van der Waals surface area (Å²) < 4.78 is 4.81. The Kier molecular flexibility index (Phi) is 5.21. The Bertz CT molecular complexity index is 821. The molecule has 134 valence electrons. The van der Waals surface area contributed by atoms with E-state index >= 15 is 0 Å². The molecule has 1 atom stereocenters. The second-order valence-electron chi connectivity index (χ2n) is 5.72. The zero-order valence-electron chi connectivity index (χ0n) is 14.5. The number of nitrogens with zero attached hydrogens (tertiary/aromatic N) is 4. The van der Waals surface area contributed by atoms with Gasteiger partial charge in [-0.05, 0) is 17.7 Å². The van der Waals surface area contributed by atoms with Crippen LogP contribution in [0, 0.1) is 0 Å². The highest BCUT2D eigenvalue weighted by molar-refractivity contribution is 6.04. The quantitative estimate of drug-likeness (QED) is 0.611. The SMILES string of the molecule is CO/N=C1\C[C@@H](C(=O)OC)N(C(=O)c2ccc(-c3cncnc3)cc2)C1. The van der Waals surface area contributed by atoms with Gasteiger partial charge in [0.25, 0.3) is 5.91 Å². The zero-order chi connectivity index (χ0) is 18.5. The average Bonchev–Trinajstić information content (AvgIpc) is 3.12. The highest BCUT2D eigenvalue weighted by Gasteiger charge is 2.39. The predicted molar refractivity (Wildman–Crippen MR) is 93.4 cm³/mol. The second-order valence-corrected chi connectivity index (χ2v) is 5.72. The Morgan fingerprint density at radius 2 is 1.81 bits per heavy atom. The van der Waals surface area contributed by atoms with E-state index in [-0.39, 0.29) is 12.5 Å². The molecule has 1 saturated heterocycles. The first-order valence-electron chi connectivity index (χ1n) is 7.97. The summed E-state index contributed by atoms with van der Waals surface area (Å²) in [6.07, 6.45) is 5.16. The lowest BCUT2D eigenvalue weighted by Gasteiger charge is -2.22. The van der Waals surface area contributed by atoms with Crippen molar-refractivity contribution in [3.05, 3.63) is 48.5 Å². The molecule has 26 heavy (non-hydrogen) atoms. The molecule has 3 rings (SSSR count). The number of aromatic nitrogens is 2. The lowest BCUT2D eigenvalue weighted by Crippen LogP contribution is -2.41. The predicted octanol–water partition coefficient (Wildman–Crippen LogP) is 1.53. The Balaban J connectivity index is 1.83. The van der Waals surface area contributed by atoms with Crippen molar-refractivity contribution < 1.29 is 19.2 Å². The number of likely N-dealkylation sites (tertiary alicyclic amines) is 1. The topological polar surface area (TPSA) is 94.0 Å². The van der Waals surface area contributed by atoms with Crippen LogP contribution in [0.3, 0.4) is 0 Å². The van der Waals surface area contributed by atoms with Crippen molar-refractivity contribution >= 4 is 17.6 Å². The van der Waals surface area contributed by atoms with Crippen LogP contribution in [0.4, 0.5) is 0 Å². The van der Waals surface area contributed by atoms with Gasteiger partial charge < -0.3 is 14.5 Å². The number of amides is 1. The summed E-state index contributed by atoms with van der Waals surface area (Å²) in [5.41, 5.74) is 2.84. The molecule has 1 aromatic heterocycles. The van der Waals surface area contributed by atoms with Crippen molar-refractivity contribution in [1.29, 1.82) is 0 Å². The minimum atomic E-state index is -0.705. The molecule has 1 aliphatic heterocycles. The number of hydrogen-bond acceptors (Lipinski definition) is 7. The maximum absolute atomic E-state index is 12.9. The highest BCUT2D eigenvalue weighted by atomic mass is 16.6. The fourth-order valence-electron chi connectivity index (χ4n) is 2.88. The number of esters is 1. The first-order valence-corrected chi connectivity index (χ1v) is 7.97. The Morgan fingerprint density at radius 3 is 2.42 bits per heavy atom. The number of methoxy groups -OCH3 is 1. The standard InChI is InChI=1S/C18H18N4O4/c1-25-18(24)16-7-15(21-26-2)10-22(16)17(23)13-5-3-12(4-6-13)14-8-19-11-20-9-14/h3-6,8-9,11,16H,7,10H2,1-2H3/b21-15+/t16-/m0/s1. The van der Waals surface area contributed by atoms with E-state index in [1.807, 2.05) is 12.1 Å². The van der Waals surface area contributed by atoms with E-state index in [9.17, 15) is 9.59 Å². The van der Waals surface area contributed by atoms with Gasteiger partial charge in [0.15, 0.2) is 0 Å². The van der Waals surface area contributed by atoms with E-state index in [2.05, 4.69) is 15.1 Å². The smallest absolute Gasteiger partial charge is 0.329 e. The molecule has 2 aromatic rings. The van der Waals surface area contributed by atoms with Crippen molar-refractivity contribution in [2.24, 2.45) is 5.16 Å². The molecular weight excluding hydrogens is 336 g/mol. The van der Waals surface area contributed by atoms with Gasteiger partial charge in [0.2, 0.25) is 0 Å². The van der Waals surface area contributed by atoms with Gasteiger partial charge in [-0.15, -0.1) is 0 Å². The van der Waals surface area contributed by atoms with Gasteiger partial charge in [-0.1, -0.05) is 17.3 Å². The highest BCUT2D eigenvalue weighted by Crippen LogP contribution is 2.22. The van der Waals surface area contributed by atoms with Crippen LogP contribution in [-0.4, -0.2) is 59.3 Å². The molecular formula is C18H18N4O4. The molecule has 1 aliphatic rings. The summed E-state index contributed by atoms with van der Waals surface area (Å²) in [5, 5.41) is 3.87. The normalized spacial score (nSPS) is 18.0. The molecule has 0 radical (unpaired) electrons. The average molecular weight is 354 g/mol. The Hall–Kier alpha value is -3.29. The summed E-state index contributed by atoms with van der Waals surface area (Å²) in [6.45, 7) is 0.223. The van der Waals surface area contributed by atoms with E-state index in [4.69, 9.17) is 9.57 Å². The largest absolute Gasteiger partial charge is 0.467 e. The van der Waals surface area contributed by atoms with Crippen LogP contribution in [-0.2, 0) is 14.4 Å². The lowest BCUT2D eigenvalue weighted by atomic mass is 10.1. The number of ether oxygens (including phenoxy) is 1. The minimum absolute atomic E-state index is 0.223. The van der Waals surface area contributed by atoms with Crippen LogP contribution in [0.2, 0.25) is 0 Å². The van der Waals surface area contributed by atoms with Crippen LogP contribution in [0.25, 0.3) is 11.1 Å². The van der Waals surface area contributed by atoms with Gasteiger partial charge >= 0.3 is 5.97 Å². The molecule has 0 unspecified atom stereocenters. The van der Waals surface area contributed by atoms with E-state index in [1.54, 1.807) is 24.5 Å². The monoisotopic (exact) mass is 354 g/mol. The minimum Gasteiger partial charge on any atom is -0.467 e. The van der Waals surface area contributed by atoms with Crippen molar-refractivity contribution in [2.45, 2.75) is 12.5 Å². The molecule has 8 heteroatoms. The molecule has 0 bridgehead atoms. The molecule has 1 fully saturated rings. The maximum atomic E-state index is 12.9. The second kappa shape index (κ2) is 7.73. The molecule has 0 saturated carbocycles. The summed E-state index contributed by atoms with van der Waals surface area (Å²) in [6, 6.07) is 6.36. The van der Waals surface area contributed by atoms with Gasteiger partial charge in [-0.25, -0.2) is 14.8 Å². The lowest BCUT2D eigenvalue weighted by molar-refractivity contribution is -0.145. The fourth-order valence-corrected chi connectivity index (χ4v) is 2.88. The van der Waals surface area contributed by atoms with Gasteiger partial charge in [0, 0.05) is 29.9 Å². The molecule has 1 amide bonds. The number of benzene rings is 1. The molecule has 8 nitrogen and oxygen atoms in total. The molecule has 1 aromatic carbocycles. The van der Waals surface area contributed by atoms with Crippen LogP contribution >= 0.6 is 0 Å². The number of hydrogen-bond donors (Lipinski definition) is 0. The molecule has 0 N–H and O–H groups in total. The van der Waals surface area contributed by atoms with E-state index < -0.39 is 12.0 Å². The number of carbonyl (C=O) groups excluding carboxylic acids is 2. The third-order valence-corrected chi connectivity index (χ3v) is 4.14. The van der Waals surface area contributed by atoms with Gasteiger partial charge in [-0.2, -0.15) is 0 Å². The number of rotatable bonds is 4. The molecule has 0 aliphatic carbocycles.